The van der Waals surface area contributed by atoms with Crippen LogP contribution in [0.25, 0.3) is 0 Å². The molecule has 1 heterocycles. The van der Waals surface area contributed by atoms with E-state index >= 15 is 0 Å². The minimum atomic E-state index is -1.09. The Morgan fingerprint density at radius 1 is 1.17 bits per heavy atom. The maximum Gasteiger partial charge on any atom is 0.323 e. The average molecular weight is 411 g/mol. The predicted molar refractivity (Wildman–Crippen MR) is 113 cm³/mol. The molecule has 0 aliphatic heterocycles. The molecule has 0 fully saturated rings. The summed E-state index contributed by atoms with van der Waals surface area (Å²) in [7, 11) is 0. The highest BCUT2D eigenvalue weighted by molar-refractivity contribution is 7.98. The van der Waals surface area contributed by atoms with Gasteiger partial charge in [0.1, 0.15) is 23.7 Å². The Balaban J connectivity index is 1.75. The zero-order valence-electron chi connectivity index (χ0n) is 16.0. The molecule has 1 aromatic heterocycles. The lowest BCUT2D eigenvalue weighted by molar-refractivity contribution is -0.137. The van der Waals surface area contributed by atoms with E-state index in [0.29, 0.717) is 10.9 Å². The van der Waals surface area contributed by atoms with Gasteiger partial charge in [0.25, 0.3) is 5.56 Å². The number of thioether (sulfide) groups is 1. The van der Waals surface area contributed by atoms with Gasteiger partial charge in [-0.25, -0.2) is 4.98 Å². The van der Waals surface area contributed by atoms with Crippen molar-refractivity contribution < 1.29 is 14.6 Å². The second-order valence-electron chi connectivity index (χ2n) is 6.29. The summed E-state index contributed by atoms with van der Waals surface area (Å²) in [4.78, 5) is 27.9. The maximum absolute atomic E-state index is 12.7. The van der Waals surface area contributed by atoms with Crippen molar-refractivity contribution in [2.24, 2.45) is 0 Å². The molecule has 7 nitrogen and oxygen atoms in total. The van der Waals surface area contributed by atoms with Crippen LogP contribution in [0.1, 0.15) is 18.5 Å². The van der Waals surface area contributed by atoms with E-state index in [1.54, 1.807) is 6.26 Å². The van der Waals surface area contributed by atoms with E-state index in [2.05, 4.69) is 10.3 Å². The van der Waals surface area contributed by atoms with Crippen molar-refractivity contribution in [3.63, 3.8) is 0 Å². The van der Waals surface area contributed by atoms with Crippen LogP contribution in [0.4, 0.5) is 5.69 Å². The number of hydrogen-bond acceptors (Lipinski definition) is 6. The highest BCUT2D eigenvalue weighted by Crippen LogP contribution is 2.24. The molecular formula is C21H21N3O4S. The van der Waals surface area contributed by atoms with Gasteiger partial charge in [-0.05, 0) is 43.0 Å². The monoisotopic (exact) mass is 411 g/mol. The molecule has 2 aromatic carbocycles. The summed E-state index contributed by atoms with van der Waals surface area (Å²) in [5.41, 5.74) is 0.785. The third-order valence-electron chi connectivity index (χ3n) is 4.22. The predicted octanol–water partition coefficient (Wildman–Crippen LogP) is 4.02. The minimum absolute atomic E-state index is 0.186. The van der Waals surface area contributed by atoms with Gasteiger partial charge in [0.15, 0.2) is 5.16 Å². The molecule has 0 amide bonds. The molecule has 2 N–H and O–H groups in total. The Labute approximate surface area is 172 Å². The standard InChI is InChI=1S/C21H21N3O4S/c1-14(15-8-10-17(11-9-15)28-16-6-4-3-5-7-16)23-18-12-22-21(29-2)24(20(18)27)13-19(25)26/h3-12,14,23H,13H2,1-2H3,(H,25,26)/t14-/m1/s1. The van der Waals surface area contributed by atoms with Crippen molar-refractivity contribution in [2.75, 3.05) is 11.6 Å². The summed E-state index contributed by atoms with van der Waals surface area (Å²) in [6, 6.07) is 16.9. The molecule has 0 unspecified atom stereocenters. The summed E-state index contributed by atoms with van der Waals surface area (Å²) in [5.74, 6) is 0.371. The van der Waals surface area contributed by atoms with Gasteiger partial charge >= 0.3 is 5.97 Å². The molecule has 8 heteroatoms. The molecular weight excluding hydrogens is 390 g/mol. The van der Waals surface area contributed by atoms with Gasteiger partial charge in [0.05, 0.1) is 6.20 Å². The largest absolute Gasteiger partial charge is 0.480 e. The lowest BCUT2D eigenvalue weighted by Crippen LogP contribution is -2.29. The molecule has 150 valence electrons. The third-order valence-corrected chi connectivity index (χ3v) is 4.91. The zero-order chi connectivity index (χ0) is 20.8. The lowest BCUT2D eigenvalue weighted by atomic mass is 10.1. The van der Waals surface area contributed by atoms with Gasteiger partial charge in [0, 0.05) is 6.04 Å². The number of nitrogens with zero attached hydrogens (tertiary/aromatic N) is 2. The number of hydrogen-bond donors (Lipinski definition) is 2. The molecule has 3 aromatic rings. The SMILES string of the molecule is CSc1ncc(N[C@H](C)c2ccc(Oc3ccccc3)cc2)c(=O)n1CC(=O)O. The van der Waals surface area contributed by atoms with Crippen molar-refractivity contribution in [1.82, 2.24) is 9.55 Å². The fraction of sp³-hybridized carbons (Fsp3) is 0.190. The third kappa shape index (κ3) is 5.17. The van der Waals surface area contributed by atoms with Crippen LogP contribution in [0.15, 0.2) is 70.7 Å². The van der Waals surface area contributed by atoms with E-state index in [1.165, 1.54) is 18.0 Å². The molecule has 3 rings (SSSR count). The number of benzene rings is 2. The van der Waals surface area contributed by atoms with E-state index in [-0.39, 0.29) is 11.7 Å². The van der Waals surface area contributed by atoms with Crippen LogP contribution in [-0.4, -0.2) is 26.9 Å². The topological polar surface area (TPSA) is 93.5 Å². The van der Waals surface area contributed by atoms with Crippen LogP contribution in [-0.2, 0) is 11.3 Å². The Kier molecular flexibility index (Phi) is 6.56. The Bertz CT molecular complexity index is 1040. The van der Waals surface area contributed by atoms with E-state index in [0.717, 1.165) is 15.9 Å². The Morgan fingerprint density at radius 3 is 2.45 bits per heavy atom. The van der Waals surface area contributed by atoms with E-state index < -0.39 is 18.1 Å². The normalized spacial score (nSPS) is 11.7. The number of carboxylic acid groups (broad SMARTS) is 1. The maximum atomic E-state index is 12.7. The number of nitrogens with one attached hydrogen (secondary N) is 1. The summed E-state index contributed by atoms with van der Waals surface area (Å²) >= 11 is 1.22. The summed E-state index contributed by atoms with van der Waals surface area (Å²) in [5, 5.41) is 12.5. The Morgan fingerprint density at radius 2 is 1.83 bits per heavy atom. The van der Waals surface area contributed by atoms with Crippen LogP contribution < -0.4 is 15.6 Å². The van der Waals surface area contributed by atoms with Gasteiger partial charge in [-0.1, -0.05) is 42.1 Å². The van der Waals surface area contributed by atoms with E-state index in [9.17, 15) is 9.59 Å². The van der Waals surface area contributed by atoms with Crippen LogP contribution in [0, 0.1) is 0 Å². The smallest absolute Gasteiger partial charge is 0.323 e. The minimum Gasteiger partial charge on any atom is -0.480 e. The fourth-order valence-corrected chi connectivity index (χ4v) is 3.31. The summed E-state index contributed by atoms with van der Waals surface area (Å²) < 4.78 is 6.94. The van der Waals surface area contributed by atoms with Crippen LogP contribution >= 0.6 is 11.8 Å². The highest BCUT2D eigenvalue weighted by atomic mass is 32.2. The van der Waals surface area contributed by atoms with Crippen molar-refractivity contribution in [2.45, 2.75) is 24.7 Å². The first-order valence-electron chi connectivity index (χ1n) is 8.93. The molecule has 0 saturated heterocycles. The van der Waals surface area contributed by atoms with Gasteiger partial charge in [0.2, 0.25) is 0 Å². The fourth-order valence-electron chi connectivity index (χ4n) is 2.78. The number of ether oxygens (including phenoxy) is 1. The average Bonchev–Trinajstić information content (AvgIpc) is 2.72. The molecule has 0 saturated carbocycles. The van der Waals surface area contributed by atoms with Crippen molar-refractivity contribution in [3.8, 4) is 11.5 Å². The number of aliphatic carboxylic acids is 1. The number of carbonyl (C=O) groups is 1. The highest BCUT2D eigenvalue weighted by Gasteiger charge is 2.15. The molecule has 0 bridgehead atoms. The zero-order valence-corrected chi connectivity index (χ0v) is 16.8. The first-order chi connectivity index (χ1) is 14.0. The molecule has 0 aliphatic carbocycles. The second kappa shape index (κ2) is 9.29. The van der Waals surface area contributed by atoms with E-state index in [1.807, 2.05) is 61.5 Å². The van der Waals surface area contributed by atoms with Gasteiger partial charge in [-0.3, -0.25) is 14.2 Å². The molecule has 0 aliphatic rings. The van der Waals surface area contributed by atoms with Crippen LogP contribution in [0.3, 0.4) is 0 Å². The molecule has 0 spiro atoms. The molecule has 0 radical (unpaired) electrons. The number of rotatable bonds is 8. The molecule has 29 heavy (non-hydrogen) atoms. The van der Waals surface area contributed by atoms with Crippen molar-refractivity contribution in [1.29, 1.82) is 0 Å². The first kappa shape index (κ1) is 20.5. The number of carboxylic acids is 1. The second-order valence-corrected chi connectivity index (χ2v) is 7.07. The van der Waals surface area contributed by atoms with Crippen molar-refractivity contribution >= 4 is 23.4 Å². The number of aromatic nitrogens is 2. The number of para-hydroxylation sites is 1. The quantitative estimate of drug-likeness (QED) is 0.427. The van der Waals surface area contributed by atoms with E-state index in [4.69, 9.17) is 9.84 Å². The van der Waals surface area contributed by atoms with Gasteiger partial charge < -0.3 is 15.2 Å². The van der Waals surface area contributed by atoms with Crippen molar-refractivity contribution in [3.05, 3.63) is 76.7 Å². The summed E-state index contributed by atoms with van der Waals surface area (Å²) in [6.07, 6.45) is 3.19. The van der Waals surface area contributed by atoms with Crippen LogP contribution in [0.2, 0.25) is 0 Å². The lowest BCUT2D eigenvalue weighted by Gasteiger charge is -2.17. The van der Waals surface area contributed by atoms with Crippen LogP contribution in [0.5, 0.6) is 11.5 Å². The number of anilines is 1. The van der Waals surface area contributed by atoms with Gasteiger partial charge in [-0.15, -0.1) is 0 Å². The molecule has 1 atom stereocenters. The first-order valence-corrected chi connectivity index (χ1v) is 10.2. The van der Waals surface area contributed by atoms with Gasteiger partial charge in [-0.2, -0.15) is 0 Å². The Hall–Kier alpha value is -3.26. The summed E-state index contributed by atoms with van der Waals surface area (Å²) in [6.45, 7) is 1.48.